The van der Waals surface area contributed by atoms with Crippen molar-refractivity contribution in [2.24, 2.45) is 0 Å². The number of carbonyl (C=O) groups is 3. The number of imide groups is 1. The van der Waals surface area contributed by atoms with Crippen LogP contribution in [-0.4, -0.2) is 22.8 Å². The number of anilines is 3. The molecule has 0 saturated carbocycles. The third-order valence-corrected chi connectivity index (χ3v) is 5.26. The number of hydrogen-bond acceptors (Lipinski definition) is 5. The van der Waals surface area contributed by atoms with Crippen LogP contribution in [-0.2, 0) is 9.59 Å². The average molecular weight is 468 g/mol. The van der Waals surface area contributed by atoms with Gasteiger partial charge in [-0.15, -0.1) is 0 Å². The van der Waals surface area contributed by atoms with Gasteiger partial charge in [0.05, 0.1) is 11.4 Å². The van der Waals surface area contributed by atoms with Crippen molar-refractivity contribution < 1.29 is 19.5 Å². The summed E-state index contributed by atoms with van der Waals surface area (Å²) in [6.45, 7) is 0. The summed E-state index contributed by atoms with van der Waals surface area (Å²) in [6.07, 6.45) is 0. The molecule has 0 spiro atoms. The number of phenols is 1. The minimum absolute atomic E-state index is 0.0653. The van der Waals surface area contributed by atoms with Gasteiger partial charge >= 0.3 is 0 Å². The Bertz CT molecular complexity index is 1270. The van der Waals surface area contributed by atoms with Gasteiger partial charge < -0.3 is 15.7 Å². The molecule has 32 heavy (non-hydrogen) atoms. The Balaban J connectivity index is 1.55. The lowest BCUT2D eigenvalue weighted by molar-refractivity contribution is -0.120. The number of nitrogens with zero attached hydrogens (tertiary/aromatic N) is 1. The van der Waals surface area contributed by atoms with Crippen LogP contribution in [0, 0.1) is 0 Å². The first kappa shape index (κ1) is 21.4. The standard InChI is InChI=1S/C23H15Cl2N3O4/c24-14-8-10-16(11-9-14)28-22(31)19(25)20(23(28)32)26-15-5-3-4-13(12-15)21(30)27-17-6-1-2-7-18(17)29/h1-12,26,29H,(H,27,30). The fourth-order valence-electron chi connectivity index (χ4n) is 3.09. The van der Waals surface area contributed by atoms with E-state index in [1.54, 1.807) is 48.5 Å². The molecule has 1 heterocycles. The molecular weight excluding hydrogens is 453 g/mol. The molecule has 9 heteroatoms. The Morgan fingerprint density at radius 2 is 1.59 bits per heavy atom. The number of carbonyl (C=O) groups excluding carboxylic acids is 3. The van der Waals surface area contributed by atoms with Crippen molar-refractivity contribution in [3.8, 4) is 5.75 Å². The van der Waals surface area contributed by atoms with Gasteiger partial charge in [-0.3, -0.25) is 14.4 Å². The number of nitrogens with one attached hydrogen (secondary N) is 2. The highest BCUT2D eigenvalue weighted by Gasteiger charge is 2.39. The van der Waals surface area contributed by atoms with E-state index in [4.69, 9.17) is 23.2 Å². The lowest BCUT2D eigenvalue weighted by Crippen LogP contribution is -2.32. The van der Waals surface area contributed by atoms with Crippen LogP contribution in [0.15, 0.2) is 83.5 Å². The van der Waals surface area contributed by atoms with Gasteiger partial charge in [0.1, 0.15) is 16.5 Å². The zero-order valence-electron chi connectivity index (χ0n) is 16.3. The van der Waals surface area contributed by atoms with Crippen molar-refractivity contribution in [2.45, 2.75) is 0 Å². The smallest absolute Gasteiger partial charge is 0.283 e. The minimum atomic E-state index is -0.671. The molecule has 3 N–H and O–H groups in total. The molecule has 0 fully saturated rings. The first-order chi connectivity index (χ1) is 15.3. The van der Waals surface area contributed by atoms with Crippen LogP contribution in [0.3, 0.4) is 0 Å². The SMILES string of the molecule is O=C(Nc1ccccc1O)c1cccc(NC2=C(Cl)C(=O)N(c3ccc(Cl)cc3)C2=O)c1. The number of benzene rings is 3. The molecule has 7 nitrogen and oxygen atoms in total. The van der Waals surface area contributed by atoms with Crippen molar-refractivity contribution in [2.75, 3.05) is 15.5 Å². The molecule has 0 aliphatic carbocycles. The van der Waals surface area contributed by atoms with Crippen LogP contribution >= 0.6 is 23.2 Å². The third kappa shape index (κ3) is 4.16. The van der Waals surface area contributed by atoms with Crippen LogP contribution in [0.2, 0.25) is 5.02 Å². The Morgan fingerprint density at radius 1 is 0.875 bits per heavy atom. The Labute approximate surface area is 192 Å². The van der Waals surface area contributed by atoms with Gasteiger partial charge in [0.15, 0.2) is 0 Å². The minimum Gasteiger partial charge on any atom is -0.506 e. The van der Waals surface area contributed by atoms with Crippen LogP contribution in [0.4, 0.5) is 17.1 Å². The molecule has 3 aromatic carbocycles. The lowest BCUT2D eigenvalue weighted by Gasteiger charge is -2.15. The first-order valence-corrected chi connectivity index (χ1v) is 10.1. The van der Waals surface area contributed by atoms with E-state index in [-0.39, 0.29) is 27.7 Å². The quantitative estimate of drug-likeness (QED) is 0.372. The molecule has 4 rings (SSSR count). The summed E-state index contributed by atoms with van der Waals surface area (Å²) in [5.41, 5.74) is 1.13. The van der Waals surface area contributed by atoms with E-state index in [0.717, 1.165) is 4.90 Å². The van der Waals surface area contributed by atoms with Gasteiger partial charge in [-0.05, 0) is 54.6 Å². The molecule has 0 unspecified atom stereocenters. The van der Waals surface area contributed by atoms with Crippen LogP contribution < -0.4 is 15.5 Å². The first-order valence-electron chi connectivity index (χ1n) is 9.35. The van der Waals surface area contributed by atoms with Crippen LogP contribution in [0.1, 0.15) is 10.4 Å². The largest absolute Gasteiger partial charge is 0.506 e. The molecule has 1 aliphatic rings. The summed E-state index contributed by atoms with van der Waals surface area (Å²) >= 11 is 12.0. The molecule has 0 bridgehead atoms. The van der Waals surface area contributed by atoms with Gasteiger partial charge in [0.2, 0.25) is 0 Å². The molecule has 3 amide bonds. The second kappa shape index (κ2) is 8.74. The summed E-state index contributed by atoms with van der Waals surface area (Å²) in [4.78, 5) is 39.0. The van der Waals surface area contributed by atoms with Crippen molar-refractivity contribution in [1.82, 2.24) is 0 Å². The number of para-hydroxylation sites is 2. The Morgan fingerprint density at radius 3 is 2.31 bits per heavy atom. The van der Waals surface area contributed by atoms with Gasteiger partial charge in [0, 0.05) is 16.3 Å². The zero-order valence-corrected chi connectivity index (χ0v) is 17.8. The topological polar surface area (TPSA) is 98.7 Å². The second-order valence-electron chi connectivity index (χ2n) is 6.79. The van der Waals surface area contributed by atoms with E-state index in [1.807, 2.05) is 0 Å². The van der Waals surface area contributed by atoms with E-state index >= 15 is 0 Å². The highest BCUT2D eigenvalue weighted by Crippen LogP contribution is 2.31. The van der Waals surface area contributed by atoms with E-state index in [9.17, 15) is 19.5 Å². The van der Waals surface area contributed by atoms with Crippen molar-refractivity contribution in [3.63, 3.8) is 0 Å². The molecule has 0 radical (unpaired) electrons. The van der Waals surface area contributed by atoms with Gasteiger partial charge in [-0.25, -0.2) is 4.90 Å². The monoisotopic (exact) mass is 467 g/mol. The molecule has 0 atom stereocenters. The predicted octanol–water partition coefficient (Wildman–Crippen LogP) is 4.73. The zero-order chi connectivity index (χ0) is 22.8. The summed E-state index contributed by atoms with van der Waals surface area (Å²) in [5, 5.41) is 15.5. The molecule has 160 valence electrons. The van der Waals surface area contributed by atoms with E-state index in [1.165, 1.54) is 24.3 Å². The number of amides is 3. The van der Waals surface area contributed by atoms with Crippen molar-refractivity contribution >= 4 is 58.0 Å². The number of halogens is 2. The Hall–Kier alpha value is -3.81. The maximum Gasteiger partial charge on any atom is 0.283 e. The second-order valence-corrected chi connectivity index (χ2v) is 7.60. The highest BCUT2D eigenvalue weighted by molar-refractivity contribution is 6.53. The number of rotatable bonds is 5. The van der Waals surface area contributed by atoms with E-state index in [0.29, 0.717) is 16.4 Å². The van der Waals surface area contributed by atoms with Crippen LogP contribution in [0.5, 0.6) is 5.75 Å². The maximum absolute atomic E-state index is 12.9. The lowest BCUT2D eigenvalue weighted by atomic mass is 10.1. The molecule has 3 aromatic rings. The fraction of sp³-hybridized carbons (Fsp3) is 0. The van der Waals surface area contributed by atoms with Gasteiger partial charge in [-0.2, -0.15) is 0 Å². The predicted molar refractivity (Wildman–Crippen MR) is 123 cm³/mol. The van der Waals surface area contributed by atoms with Crippen molar-refractivity contribution in [3.05, 3.63) is 94.1 Å². The third-order valence-electron chi connectivity index (χ3n) is 4.66. The van der Waals surface area contributed by atoms with E-state index < -0.39 is 17.7 Å². The fourth-order valence-corrected chi connectivity index (χ4v) is 3.43. The van der Waals surface area contributed by atoms with E-state index in [2.05, 4.69) is 10.6 Å². The normalized spacial score (nSPS) is 13.5. The molecular formula is C23H15Cl2N3O4. The highest BCUT2D eigenvalue weighted by atomic mass is 35.5. The number of hydrogen-bond donors (Lipinski definition) is 3. The molecule has 0 aromatic heterocycles. The Kier molecular flexibility index (Phi) is 5.85. The van der Waals surface area contributed by atoms with Gasteiger partial charge in [0.25, 0.3) is 17.7 Å². The molecule has 1 aliphatic heterocycles. The molecule has 0 saturated heterocycles. The van der Waals surface area contributed by atoms with Crippen LogP contribution in [0.25, 0.3) is 0 Å². The van der Waals surface area contributed by atoms with Gasteiger partial charge in [-0.1, -0.05) is 41.4 Å². The summed E-state index contributed by atoms with van der Waals surface area (Å²) in [5.74, 6) is -1.84. The summed E-state index contributed by atoms with van der Waals surface area (Å²) in [6, 6.07) is 18.8. The van der Waals surface area contributed by atoms with Crippen molar-refractivity contribution in [1.29, 1.82) is 0 Å². The number of phenolic OH excluding ortho intramolecular Hbond substituents is 1. The maximum atomic E-state index is 12.9. The summed E-state index contributed by atoms with van der Waals surface area (Å²) in [7, 11) is 0. The average Bonchev–Trinajstić information content (AvgIpc) is 2.99. The summed E-state index contributed by atoms with van der Waals surface area (Å²) < 4.78 is 0. The number of aromatic hydroxyl groups is 1.